The monoisotopic (exact) mass is 677 g/mol. The van der Waals surface area contributed by atoms with Crippen LogP contribution in [0.4, 0.5) is 17.1 Å². The maximum absolute atomic E-state index is 6.38. The molecule has 0 spiro atoms. The number of nitrogens with zero attached hydrogens (tertiary/aromatic N) is 1. The Balaban J connectivity index is 1.07. The molecule has 1 heterocycles. The van der Waals surface area contributed by atoms with Crippen LogP contribution in [0.25, 0.3) is 76.9 Å². The molecule has 0 atom stereocenters. The Labute approximate surface area is 308 Å². The van der Waals surface area contributed by atoms with Crippen LogP contribution in [0.3, 0.4) is 0 Å². The van der Waals surface area contributed by atoms with Crippen molar-refractivity contribution in [2.24, 2.45) is 0 Å². The predicted octanol–water partition coefficient (Wildman–Crippen LogP) is 14.7. The van der Waals surface area contributed by atoms with Crippen LogP contribution in [0.15, 0.2) is 199 Å². The molecule has 0 aliphatic carbocycles. The molecule has 0 aliphatic heterocycles. The van der Waals surface area contributed by atoms with Gasteiger partial charge in [0.25, 0.3) is 0 Å². The highest BCUT2D eigenvalue weighted by Crippen LogP contribution is 2.45. The van der Waals surface area contributed by atoms with E-state index in [0.29, 0.717) is 0 Å². The van der Waals surface area contributed by atoms with Crippen molar-refractivity contribution in [3.05, 3.63) is 200 Å². The van der Waals surface area contributed by atoms with Gasteiger partial charge in [0.15, 0.2) is 0 Å². The molecule has 9 aromatic carbocycles. The van der Waals surface area contributed by atoms with Gasteiger partial charge in [-0.1, -0.05) is 152 Å². The SMILES string of the molecule is Cc1cc(-c2cccc3ccccc23)ccc1N(c1ccc(-c2ccc(-c3cccc4ccccc34)cc2)cc1)c1cccc2oc3ccccc3c12. The van der Waals surface area contributed by atoms with Crippen LogP contribution in [-0.2, 0) is 0 Å². The average molecular weight is 678 g/mol. The van der Waals surface area contributed by atoms with Crippen molar-refractivity contribution in [2.75, 3.05) is 4.90 Å². The van der Waals surface area contributed by atoms with Gasteiger partial charge in [0.2, 0.25) is 0 Å². The Morgan fingerprint density at radius 1 is 0.377 bits per heavy atom. The van der Waals surface area contributed by atoms with Crippen LogP contribution >= 0.6 is 0 Å². The maximum Gasteiger partial charge on any atom is 0.137 e. The van der Waals surface area contributed by atoms with Gasteiger partial charge in [-0.25, -0.2) is 0 Å². The smallest absolute Gasteiger partial charge is 0.137 e. The zero-order valence-corrected chi connectivity index (χ0v) is 29.3. The summed E-state index contributed by atoms with van der Waals surface area (Å²) in [5.41, 5.74) is 13.5. The molecular weight excluding hydrogens is 643 g/mol. The number of para-hydroxylation sites is 1. The number of fused-ring (bicyclic) bond motifs is 5. The average Bonchev–Trinajstić information content (AvgIpc) is 3.61. The Morgan fingerprint density at radius 3 is 1.57 bits per heavy atom. The molecule has 10 aromatic rings. The number of anilines is 3. The second kappa shape index (κ2) is 12.7. The van der Waals surface area contributed by atoms with Gasteiger partial charge < -0.3 is 9.32 Å². The molecule has 0 radical (unpaired) electrons. The van der Waals surface area contributed by atoms with E-state index in [1.807, 2.05) is 12.1 Å². The van der Waals surface area contributed by atoms with E-state index in [0.717, 1.165) is 39.0 Å². The van der Waals surface area contributed by atoms with Crippen molar-refractivity contribution in [3.63, 3.8) is 0 Å². The van der Waals surface area contributed by atoms with Crippen molar-refractivity contribution < 1.29 is 4.42 Å². The lowest BCUT2D eigenvalue weighted by atomic mass is 9.95. The van der Waals surface area contributed by atoms with Crippen molar-refractivity contribution in [3.8, 4) is 33.4 Å². The molecule has 0 saturated heterocycles. The van der Waals surface area contributed by atoms with Crippen LogP contribution in [0.1, 0.15) is 5.56 Å². The molecule has 10 rings (SSSR count). The van der Waals surface area contributed by atoms with Crippen molar-refractivity contribution in [1.29, 1.82) is 0 Å². The summed E-state index contributed by atoms with van der Waals surface area (Å²) in [6.07, 6.45) is 0. The summed E-state index contributed by atoms with van der Waals surface area (Å²) in [7, 11) is 0. The summed E-state index contributed by atoms with van der Waals surface area (Å²) in [6.45, 7) is 2.22. The van der Waals surface area contributed by atoms with E-state index in [-0.39, 0.29) is 0 Å². The predicted molar refractivity (Wildman–Crippen MR) is 224 cm³/mol. The second-order valence-corrected chi connectivity index (χ2v) is 13.8. The van der Waals surface area contributed by atoms with Gasteiger partial charge in [0.05, 0.1) is 11.1 Å². The number of benzene rings is 9. The summed E-state index contributed by atoms with van der Waals surface area (Å²) in [4.78, 5) is 2.39. The molecule has 0 bridgehead atoms. The van der Waals surface area contributed by atoms with Crippen LogP contribution in [0, 0.1) is 6.92 Å². The van der Waals surface area contributed by atoms with Crippen LogP contribution < -0.4 is 4.90 Å². The summed E-state index contributed by atoms with van der Waals surface area (Å²) in [5, 5.41) is 7.24. The molecule has 0 unspecified atom stereocenters. The zero-order chi connectivity index (χ0) is 35.3. The van der Waals surface area contributed by atoms with Gasteiger partial charge in [-0.2, -0.15) is 0 Å². The lowest BCUT2D eigenvalue weighted by Crippen LogP contribution is -2.11. The Bertz CT molecular complexity index is 2940. The van der Waals surface area contributed by atoms with E-state index in [4.69, 9.17) is 4.42 Å². The minimum Gasteiger partial charge on any atom is -0.456 e. The summed E-state index contributed by atoms with van der Waals surface area (Å²) < 4.78 is 6.38. The first-order valence-electron chi connectivity index (χ1n) is 18.2. The first-order chi connectivity index (χ1) is 26.2. The van der Waals surface area contributed by atoms with E-state index in [9.17, 15) is 0 Å². The zero-order valence-electron chi connectivity index (χ0n) is 29.3. The Hall–Kier alpha value is -6.90. The van der Waals surface area contributed by atoms with Crippen molar-refractivity contribution >= 4 is 60.5 Å². The minimum absolute atomic E-state index is 0.877. The van der Waals surface area contributed by atoms with E-state index in [1.165, 1.54) is 60.5 Å². The van der Waals surface area contributed by atoms with Crippen LogP contribution in [0.2, 0.25) is 0 Å². The molecule has 0 N–H and O–H groups in total. The number of aryl methyl sites for hydroxylation is 1. The molecule has 53 heavy (non-hydrogen) atoms. The normalized spacial score (nSPS) is 11.5. The van der Waals surface area contributed by atoms with Gasteiger partial charge in [-0.05, 0) is 110 Å². The maximum atomic E-state index is 6.38. The van der Waals surface area contributed by atoms with E-state index >= 15 is 0 Å². The number of furan rings is 1. The third kappa shape index (κ3) is 5.35. The molecule has 2 heteroatoms. The molecule has 0 aliphatic rings. The number of rotatable bonds is 6. The van der Waals surface area contributed by atoms with E-state index in [2.05, 4.69) is 194 Å². The first-order valence-corrected chi connectivity index (χ1v) is 18.2. The van der Waals surface area contributed by atoms with Gasteiger partial charge in [-0.15, -0.1) is 0 Å². The third-order valence-corrected chi connectivity index (χ3v) is 10.6. The molecule has 1 aromatic heterocycles. The van der Waals surface area contributed by atoms with Crippen LogP contribution in [-0.4, -0.2) is 0 Å². The molecular formula is C51H35NO. The summed E-state index contributed by atoms with van der Waals surface area (Å²) >= 11 is 0. The van der Waals surface area contributed by atoms with Crippen LogP contribution in [0.5, 0.6) is 0 Å². The summed E-state index contributed by atoms with van der Waals surface area (Å²) in [6, 6.07) is 69.7. The molecule has 250 valence electrons. The Kier molecular flexibility index (Phi) is 7.40. The fourth-order valence-corrected chi connectivity index (χ4v) is 8.02. The highest BCUT2D eigenvalue weighted by atomic mass is 16.3. The van der Waals surface area contributed by atoms with Gasteiger partial charge >= 0.3 is 0 Å². The molecule has 0 amide bonds. The highest BCUT2D eigenvalue weighted by molar-refractivity contribution is 6.13. The standard InChI is InChI=1S/C51H35NO/c1-34-33-40(45-19-9-14-38-12-3-5-16-43(38)45)29-32-47(34)52(48-20-10-22-50-51(48)46-17-6-7-21-49(46)53-50)41-30-27-36(28-31-41)35-23-25-39(26-24-35)44-18-8-13-37-11-2-4-15-42(37)44/h2-33H,1H3. The van der Waals surface area contributed by atoms with Crippen molar-refractivity contribution in [2.45, 2.75) is 6.92 Å². The molecule has 2 nitrogen and oxygen atoms in total. The summed E-state index contributed by atoms with van der Waals surface area (Å²) in [5.74, 6) is 0. The van der Waals surface area contributed by atoms with Gasteiger partial charge in [0, 0.05) is 16.8 Å². The fraction of sp³-hybridized carbons (Fsp3) is 0.0196. The minimum atomic E-state index is 0.877. The topological polar surface area (TPSA) is 16.4 Å². The van der Waals surface area contributed by atoms with E-state index in [1.54, 1.807) is 0 Å². The quantitative estimate of drug-likeness (QED) is 0.174. The highest BCUT2D eigenvalue weighted by Gasteiger charge is 2.21. The first kappa shape index (κ1) is 30.9. The third-order valence-electron chi connectivity index (χ3n) is 10.6. The lowest BCUT2D eigenvalue weighted by molar-refractivity contribution is 0.669. The lowest BCUT2D eigenvalue weighted by Gasteiger charge is -2.28. The van der Waals surface area contributed by atoms with Gasteiger partial charge in [0.1, 0.15) is 11.2 Å². The van der Waals surface area contributed by atoms with E-state index < -0.39 is 0 Å². The molecule has 0 saturated carbocycles. The second-order valence-electron chi connectivity index (χ2n) is 13.8. The van der Waals surface area contributed by atoms with Crippen molar-refractivity contribution in [1.82, 2.24) is 0 Å². The van der Waals surface area contributed by atoms with Gasteiger partial charge in [-0.3, -0.25) is 0 Å². The molecule has 0 fully saturated rings. The fourth-order valence-electron chi connectivity index (χ4n) is 8.02. The number of hydrogen-bond acceptors (Lipinski definition) is 2. The Morgan fingerprint density at radius 2 is 0.887 bits per heavy atom. The number of hydrogen-bond donors (Lipinski definition) is 0. The largest absolute Gasteiger partial charge is 0.456 e.